The number of terminal acetylenes is 1. The Bertz CT molecular complexity index is 240. The molecule has 0 spiro atoms. The van der Waals surface area contributed by atoms with Crippen molar-refractivity contribution in [1.29, 1.82) is 0 Å². The number of amides is 1. The number of carbonyl (C=O) groups excluding carboxylic acids is 1. The third-order valence-electron chi connectivity index (χ3n) is 2.25. The number of carbonyl (C=O) groups is 1. The molecule has 1 atom stereocenters. The Labute approximate surface area is 92.6 Å². The van der Waals surface area contributed by atoms with E-state index in [0.29, 0.717) is 6.42 Å². The maximum Gasteiger partial charge on any atom is 0.223 e. The number of rotatable bonds is 6. The molecule has 0 heterocycles. The highest BCUT2D eigenvalue weighted by Gasteiger charge is 2.21. The zero-order valence-electron chi connectivity index (χ0n) is 10.1. The predicted molar refractivity (Wildman–Crippen MR) is 61.4 cm³/mol. The zero-order valence-corrected chi connectivity index (χ0v) is 10.1. The van der Waals surface area contributed by atoms with Gasteiger partial charge in [-0.2, -0.15) is 0 Å². The summed E-state index contributed by atoms with van der Waals surface area (Å²) < 4.78 is 5.17. The quantitative estimate of drug-likeness (QED) is 0.679. The average Bonchev–Trinajstić information content (AvgIpc) is 2.16. The molecule has 0 saturated heterocycles. The largest absolute Gasteiger partial charge is 0.378 e. The topological polar surface area (TPSA) is 38.3 Å². The smallest absolute Gasteiger partial charge is 0.223 e. The van der Waals surface area contributed by atoms with E-state index in [-0.39, 0.29) is 11.9 Å². The van der Waals surface area contributed by atoms with Crippen molar-refractivity contribution in [2.75, 3.05) is 7.11 Å². The standard InChI is InChI=1S/C12H21NO2/c1-6-8-10(7-2)13-11(14)9-12(3,4)15-5/h2,10H,6,8-9H2,1,3-5H3,(H,13,14). The molecule has 0 fully saturated rings. The third kappa shape index (κ3) is 6.14. The highest BCUT2D eigenvalue weighted by molar-refractivity contribution is 5.77. The van der Waals surface area contributed by atoms with Crippen LogP contribution in [0.4, 0.5) is 0 Å². The van der Waals surface area contributed by atoms with Gasteiger partial charge in [-0.15, -0.1) is 6.42 Å². The fourth-order valence-electron chi connectivity index (χ4n) is 1.19. The first-order valence-electron chi connectivity index (χ1n) is 5.25. The van der Waals surface area contributed by atoms with Crippen LogP contribution in [0.2, 0.25) is 0 Å². The van der Waals surface area contributed by atoms with E-state index in [0.717, 1.165) is 12.8 Å². The minimum absolute atomic E-state index is 0.0572. The lowest BCUT2D eigenvalue weighted by Gasteiger charge is -2.23. The van der Waals surface area contributed by atoms with E-state index in [1.165, 1.54) is 0 Å². The Morgan fingerprint density at radius 2 is 2.20 bits per heavy atom. The first-order chi connectivity index (χ1) is 6.95. The van der Waals surface area contributed by atoms with E-state index >= 15 is 0 Å². The zero-order chi connectivity index (χ0) is 11.9. The normalized spacial score (nSPS) is 13.0. The molecule has 1 N–H and O–H groups in total. The van der Waals surface area contributed by atoms with Crippen molar-refractivity contribution in [2.24, 2.45) is 0 Å². The van der Waals surface area contributed by atoms with Gasteiger partial charge < -0.3 is 10.1 Å². The van der Waals surface area contributed by atoms with Gasteiger partial charge in [-0.25, -0.2) is 0 Å². The molecule has 0 bridgehead atoms. The minimum atomic E-state index is -0.435. The molecule has 3 heteroatoms. The van der Waals surface area contributed by atoms with Gasteiger partial charge in [0.15, 0.2) is 0 Å². The van der Waals surface area contributed by atoms with E-state index in [2.05, 4.69) is 11.2 Å². The number of nitrogens with one attached hydrogen (secondary N) is 1. The van der Waals surface area contributed by atoms with Crippen LogP contribution in [-0.4, -0.2) is 24.7 Å². The predicted octanol–water partition coefficient (Wildman–Crippen LogP) is 1.72. The summed E-state index contributed by atoms with van der Waals surface area (Å²) in [5, 5.41) is 2.80. The minimum Gasteiger partial charge on any atom is -0.378 e. The SMILES string of the molecule is C#CC(CCC)NC(=O)CC(C)(C)OC. The molecule has 0 saturated carbocycles. The molecule has 0 aliphatic heterocycles. The second-order valence-electron chi connectivity index (χ2n) is 4.22. The molecule has 0 aromatic rings. The second kappa shape index (κ2) is 6.47. The van der Waals surface area contributed by atoms with E-state index in [1.807, 2.05) is 20.8 Å². The summed E-state index contributed by atoms with van der Waals surface area (Å²) in [7, 11) is 1.60. The van der Waals surface area contributed by atoms with Crippen molar-refractivity contribution in [3.8, 4) is 12.3 Å². The molecule has 1 amide bonds. The maximum absolute atomic E-state index is 11.6. The summed E-state index contributed by atoms with van der Waals surface area (Å²) in [6.45, 7) is 5.78. The fraction of sp³-hybridized carbons (Fsp3) is 0.750. The van der Waals surface area contributed by atoms with E-state index in [1.54, 1.807) is 7.11 Å². The molecule has 1 unspecified atom stereocenters. The van der Waals surface area contributed by atoms with Crippen molar-refractivity contribution >= 4 is 5.91 Å². The molecule has 86 valence electrons. The molecule has 0 aromatic heterocycles. The van der Waals surface area contributed by atoms with Gasteiger partial charge in [0.2, 0.25) is 5.91 Å². The molecule has 0 rings (SSSR count). The van der Waals surface area contributed by atoms with Crippen LogP contribution in [0.3, 0.4) is 0 Å². The lowest BCUT2D eigenvalue weighted by Crippen LogP contribution is -2.38. The summed E-state index contributed by atoms with van der Waals surface area (Å²) in [4.78, 5) is 11.6. The molecule has 0 radical (unpaired) electrons. The molecule has 0 aliphatic rings. The summed E-state index contributed by atoms with van der Waals surface area (Å²) in [5.41, 5.74) is -0.435. The molecule has 3 nitrogen and oxygen atoms in total. The van der Waals surface area contributed by atoms with Crippen LogP contribution in [0.25, 0.3) is 0 Å². The fourth-order valence-corrected chi connectivity index (χ4v) is 1.19. The number of hydrogen-bond acceptors (Lipinski definition) is 2. The van der Waals surface area contributed by atoms with Crippen LogP contribution in [0.5, 0.6) is 0 Å². The lowest BCUT2D eigenvalue weighted by atomic mass is 10.0. The average molecular weight is 211 g/mol. The number of ether oxygens (including phenoxy) is 1. The van der Waals surface area contributed by atoms with Crippen LogP contribution >= 0.6 is 0 Å². The molecule has 0 aliphatic carbocycles. The van der Waals surface area contributed by atoms with Crippen molar-refractivity contribution in [3.63, 3.8) is 0 Å². The number of hydrogen-bond donors (Lipinski definition) is 1. The van der Waals surface area contributed by atoms with E-state index in [4.69, 9.17) is 11.2 Å². The lowest BCUT2D eigenvalue weighted by molar-refractivity contribution is -0.126. The van der Waals surface area contributed by atoms with Gasteiger partial charge in [0.1, 0.15) is 0 Å². The van der Waals surface area contributed by atoms with Gasteiger partial charge in [0.05, 0.1) is 18.1 Å². The number of methoxy groups -OCH3 is 1. The van der Waals surface area contributed by atoms with Crippen molar-refractivity contribution in [1.82, 2.24) is 5.32 Å². The van der Waals surface area contributed by atoms with Gasteiger partial charge in [0.25, 0.3) is 0 Å². The van der Waals surface area contributed by atoms with Crippen molar-refractivity contribution in [3.05, 3.63) is 0 Å². The van der Waals surface area contributed by atoms with Crippen LogP contribution in [-0.2, 0) is 9.53 Å². The molecular formula is C12H21NO2. The highest BCUT2D eigenvalue weighted by Crippen LogP contribution is 2.12. The van der Waals surface area contributed by atoms with Gasteiger partial charge in [0, 0.05) is 7.11 Å². The molecule has 15 heavy (non-hydrogen) atoms. The van der Waals surface area contributed by atoms with Crippen LogP contribution in [0.15, 0.2) is 0 Å². The summed E-state index contributed by atoms with van der Waals surface area (Å²) in [6.07, 6.45) is 7.41. The van der Waals surface area contributed by atoms with Gasteiger partial charge in [-0.05, 0) is 20.3 Å². The molecular weight excluding hydrogens is 190 g/mol. The highest BCUT2D eigenvalue weighted by atomic mass is 16.5. The Kier molecular flexibility index (Phi) is 6.03. The van der Waals surface area contributed by atoms with Crippen molar-refractivity contribution < 1.29 is 9.53 Å². The van der Waals surface area contributed by atoms with Gasteiger partial charge in [-0.3, -0.25) is 4.79 Å². The van der Waals surface area contributed by atoms with Crippen LogP contribution in [0.1, 0.15) is 40.0 Å². The van der Waals surface area contributed by atoms with Crippen molar-refractivity contribution in [2.45, 2.75) is 51.7 Å². The monoisotopic (exact) mass is 211 g/mol. The first-order valence-corrected chi connectivity index (χ1v) is 5.25. The Morgan fingerprint density at radius 1 is 1.60 bits per heavy atom. The second-order valence-corrected chi connectivity index (χ2v) is 4.22. The van der Waals surface area contributed by atoms with Crippen LogP contribution in [0, 0.1) is 12.3 Å². The van der Waals surface area contributed by atoms with Crippen LogP contribution < -0.4 is 5.32 Å². The van der Waals surface area contributed by atoms with Gasteiger partial charge in [-0.1, -0.05) is 19.3 Å². The van der Waals surface area contributed by atoms with E-state index < -0.39 is 5.60 Å². The Balaban J connectivity index is 4.08. The summed E-state index contributed by atoms with van der Waals surface area (Å²) in [5.74, 6) is 2.51. The maximum atomic E-state index is 11.6. The van der Waals surface area contributed by atoms with E-state index in [9.17, 15) is 4.79 Å². The molecule has 0 aromatic carbocycles. The summed E-state index contributed by atoms with van der Waals surface area (Å²) >= 11 is 0. The third-order valence-corrected chi connectivity index (χ3v) is 2.25. The summed E-state index contributed by atoms with van der Waals surface area (Å²) in [6, 6.07) is -0.157. The Morgan fingerprint density at radius 3 is 2.60 bits per heavy atom. The first kappa shape index (κ1) is 14.0. The Hall–Kier alpha value is -1.01. The van der Waals surface area contributed by atoms with Gasteiger partial charge >= 0.3 is 0 Å².